The Balaban J connectivity index is 1.53. The number of urea groups is 1. The summed E-state index contributed by atoms with van der Waals surface area (Å²) in [5, 5.41) is 13.8. The van der Waals surface area contributed by atoms with E-state index in [2.05, 4.69) is 31.9 Å². The second-order valence-electron chi connectivity index (χ2n) is 6.22. The highest BCUT2D eigenvalue weighted by Gasteiger charge is 2.17. The fourth-order valence-corrected chi connectivity index (χ4v) is 5.47. The number of fused-ring (bicyclic) bond motifs is 1. The summed E-state index contributed by atoms with van der Waals surface area (Å²) in [6.07, 6.45) is 0. The quantitative estimate of drug-likeness (QED) is 0.397. The van der Waals surface area contributed by atoms with E-state index in [9.17, 15) is 9.59 Å². The molecule has 0 bridgehead atoms. The van der Waals surface area contributed by atoms with E-state index in [1.54, 1.807) is 23.1 Å². The van der Waals surface area contributed by atoms with Crippen molar-refractivity contribution in [2.75, 3.05) is 12.8 Å². The first-order chi connectivity index (χ1) is 15.1. The summed E-state index contributed by atoms with van der Waals surface area (Å²) in [7, 11) is 1.46. The molecule has 4 aromatic rings. The van der Waals surface area contributed by atoms with Crippen LogP contribution in [0.3, 0.4) is 0 Å². The Labute approximate surface area is 190 Å². The van der Waals surface area contributed by atoms with Gasteiger partial charge in [-0.2, -0.15) is 0 Å². The standard InChI is InChI=1S/C20H18N6O2S3/c1-21-18(28)23-17(27)12-29-19-25-24-16(26(19)13-7-3-2-4-8-13)11-30-20-22-14-9-5-6-10-15(14)31-20/h2-10H,11-12H2,1H3,(H2,21,23,27,28). The minimum Gasteiger partial charge on any atom is -0.341 e. The molecule has 3 amide bonds. The molecule has 8 nitrogen and oxygen atoms in total. The number of carbonyl (C=O) groups excluding carboxylic acids is 2. The smallest absolute Gasteiger partial charge is 0.321 e. The predicted octanol–water partition coefficient (Wildman–Crippen LogP) is 3.72. The van der Waals surface area contributed by atoms with Gasteiger partial charge >= 0.3 is 6.03 Å². The molecule has 2 heterocycles. The Morgan fingerprint density at radius 1 is 1.03 bits per heavy atom. The van der Waals surface area contributed by atoms with Gasteiger partial charge in [0.2, 0.25) is 5.91 Å². The second kappa shape index (κ2) is 9.94. The Hall–Kier alpha value is -2.89. The van der Waals surface area contributed by atoms with E-state index in [0.29, 0.717) is 10.9 Å². The Bertz CT molecular complexity index is 1180. The lowest BCUT2D eigenvalue weighted by molar-refractivity contribution is -0.117. The molecular weight excluding hydrogens is 452 g/mol. The zero-order valence-electron chi connectivity index (χ0n) is 16.4. The summed E-state index contributed by atoms with van der Waals surface area (Å²) in [6.45, 7) is 0. The third kappa shape index (κ3) is 5.24. The van der Waals surface area contributed by atoms with Crippen LogP contribution in [-0.4, -0.2) is 44.5 Å². The van der Waals surface area contributed by atoms with Gasteiger partial charge in [-0.15, -0.1) is 21.5 Å². The van der Waals surface area contributed by atoms with Crippen LogP contribution in [0.5, 0.6) is 0 Å². The molecule has 2 aromatic carbocycles. The van der Waals surface area contributed by atoms with Crippen molar-refractivity contribution in [2.45, 2.75) is 15.2 Å². The van der Waals surface area contributed by atoms with Crippen molar-refractivity contribution in [3.63, 3.8) is 0 Å². The first kappa shape index (κ1) is 21.3. The summed E-state index contributed by atoms with van der Waals surface area (Å²) in [6, 6.07) is 17.2. The van der Waals surface area contributed by atoms with Crippen molar-refractivity contribution in [2.24, 2.45) is 0 Å². The van der Waals surface area contributed by atoms with Gasteiger partial charge in [-0.1, -0.05) is 53.9 Å². The number of aromatic nitrogens is 4. The van der Waals surface area contributed by atoms with Crippen LogP contribution in [-0.2, 0) is 10.5 Å². The lowest BCUT2D eigenvalue weighted by Gasteiger charge is -2.09. The zero-order chi connectivity index (χ0) is 21.6. The summed E-state index contributed by atoms with van der Waals surface area (Å²) >= 11 is 4.47. The van der Waals surface area contributed by atoms with E-state index in [1.807, 2.05) is 53.1 Å². The molecule has 0 aliphatic rings. The van der Waals surface area contributed by atoms with Gasteiger partial charge in [0.05, 0.1) is 21.7 Å². The number of imide groups is 1. The number of thioether (sulfide) groups is 2. The minimum absolute atomic E-state index is 0.0450. The Morgan fingerprint density at radius 3 is 2.58 bits per heavy atom. The molecular formula is C20H18N6O2S3. The predicted molar refractivity (Wildman–Crippen MR) is 124 cm³/mol. The van der Waals surface area contributed by atoms with E-state index in [-0.39, 0.29) is 5.75 Å². The summed E-state index contributed by atoms with van der Waals surface area (Å²) in [5.74, 6) is 0.970. The average Bonchev–Trinajstić information content (AvgIpc) is 3.40. The normalized spacial score (nSPS) is 10.9. The molecule has 11 heteroatoms. The van der Waals surface area contributed by atoms with Crippen molar-refractivity contribution in [1.29, 1.82) is 0 Å². The van der Waals surface area contributed by atoms with Crippen molar-refractivity contribution < 1.29 is 9.59 Å². The van der Waals surface area contributed by atoms with Crippen LogP contribution < -0.4 is 10.6 Å². The minimum atomic E-state index is -0.539. The van der Waals surface area contributed by atoms with Gasteiger partial charge in [0.25, 0.3) is 0 Å². The fourth-order valence-electron chi connectivity index (χ4n) is 2.72. The largest absolute Gasteiger partial charge is 0.341 e. The zero-order valence-corrected chi connectivity index (χ0v) is 18.9. The number of hydrogen-bond acceptors (Lipinski definition) is 8. The molecule has 0 aliphatic carbocycles. The number of thiazole rings is 1. The van der Waals surface area contributed by atoms with E-state index in [1.165, 1.54) is 18.8 Å². The van der Waals surface area contributed by atoms with Gasteiger partial charge in [0.15, 0.2) is 9.50 Å². The maximum atomic E-state index is 12.0. The van der Waals surface area contributed by atoms with Crippen molar-refractivity contribution in [3.05, 3.63) is 60.4 Å². The van der Waals surface area contributed by atoms with Gasteiger partial charge in [-0.25, -0.2) is 9.78 Å². The summed E-state index contributed by atoms with van der Waals surface area (Å²) < 4.78 is 4.04. The number of para-hydroxylation sites is 2. The summed E-state index contributed by atoms with van der Waals surface area (Å²) in [5.41, 5.74) is 1.89. The first-order valence-electron chi connectivity index (χ1n) is 9.26. The molecule has 0 fully saturated rings. The highest BCUT2D eigenvalue weighted by atomic mass is 32.2. The van der Waals surface area contributed by atoms with Gasteiger partial charge in [0.1, 0.15) is 5.82 Å². The molecule has 0 atom stereocenters. The highest BCUT2D eigenvalue weighted by molar-refractivity contribution is 8.00. The number of nitrogens with zero attached hydrogens (tertiary/aromatic N) is 4. The van der Waals surface area contributed by atoms with Gasteiger partial charge in [-0.05, 0) is 24.3 Å². The molecule has 0 unspecified atom stereocenters. The SMILES string of the molecule is CNC(=O)NC(=O)CSc1nnc(CSc2nc3ccccc3s2)n1-c1ccccc1. The van der Waals surface area contributed by atoms with E-state index < -0.39 is 11.9 Å². The number of hydrogen-bond donors (Lipinski definition) is 2. The van der Waals surface area contributed by atoms with Crippen LogP contribution >= 0.6 is 34.9 Å². The number of nitrogens with one attached hydrogen (secondary N) is 2. The fraction of sp³-hybridized carbons (Fsp3) is 0.150. The van der Waals surface area contributed by atoms with Crippen LogP contribution in [0.1, 0.15) is 5.82 Å². The van der Waals surface area contributed by atoms with Crippen LogP contribution in [0.2, 0.25) is 0 Å². The maximum absolute atomic E-state index is 12.0. The molecule has 2 aromatic heterocycles. The molecule has 31 heavy (non-hydrogen) atoms. The van der Waals surface area contributed by atoms with Crippen LogP contribution in [0.25, 0.3) is 15.9 Å². The monoisotopic (exact) mass is 470 g/mol. The van der Waals surface area contributed by atoms with E-state index >= 15 is 0 Å². The third-order valence-corrected chi connectivity index (χ3v) is 7.23. The lowest BCUT2D eigenvalue weighted by atomic mass is 10.3. The van der Waals surface area contributed by atoms with Gasteiger partial charge in [0, 0.05) is 12.7 Å². The average molecular weight is 471 g/mol. The molecule has 0 saturated carbocycles. The van der Waals surface area contributed by atoms with Crippen molar-refractivity contribution in [1.82, 2.24) is 30.4 Å². The maximum Gasteiger partial charge on any atom is 0.321 e. The van der Waals surface area contributed by atoms with Crippen LogP contribution in [0, 0.1) is 0 Å². The second-order valence-corrected chi connectivity index (χ2v) is 9.42. The van der Waals surface area contributed by atoms with E-state index in [4.69, 9.17) is 0 Å². The molecule has 158 valence electrons. The molecule has 4 rings (SSSR count). The summed E-state index contributed by atoms with van der Waals surface area (Å²) in [4.78, 5) is 28.0. The molecule has 2 N–H and O–H groups in total. The molecule has 0 saturated heterocycles. The van der Waals surface area contributed by atoms with Crippen molar-refractivity contribution in [3.8, 4) is 5.69 Å². The van der Waals surface area contributed by atoms with Gasteiger partial charge < -0.3 is 5.32 Å². The lowest BCUT2D eigenvalue weighted by Crippen LogP contribution is -2.38. The van der Waals surface area contributed by atoms with E-state index in [0.717, 1.165) is 26.1 Å². The number of amides is 3. The molecule has 0 aliphatic heterocycles. The molecule has 0 spiro atoms. The number of rotatable bonds is 7. The topological polar surface area (TPSA) is 102 Å². The third-order valence-electron chi connectivity index (χ3n) is 4.13. The number of benzene rings is 2. The first-order valence-corrected chi connectivity index (χ1v) is 12.1. The van der Waals surface area contributed by atoms with Crippen LogP contribution in [0.4, 0.5) is 4.79 Å². The van der Waals surface area contributed by atoms with Gasteiger partial charge in [-0.3, -0.25) is 14.7 Å². The molecule has 0 radical (unpaired) electrons. The Morgan fingerprint density at radius 2 is 1.81 bits per heavy atom. The number of carbonyl (C=O) groups is 2. The Kier molecular flexibility index (Phi) is 6.85. The van der Waals surface area contributed by atoms with Crippen LogP contribution in [0.15, 0.2) is 64.1 Å². The highest BCUT2D eigenvalue weighted by Crippen LogP contribution is 2.32. The van der Waals surface area contributed by atoms with Crippen molar-refractivity contribution >= 4 is 57.0 Å².